The summed E-state index contributed by atoms with van der Waals surface area (Å²) in [4.78, 5) is 18.6. The Morgan fingerprint density at radius 3 is 2.57 bits per heavy atom. The molecule has 4 rings (SSSR count). The summed E-state index contributed by atoms with van der Waals surface area (Å²) in [6.07, 6.45) is -0.558. The SMILES string of the molecule is COc1ccc(CN(C(=O)[C@@H]2CCn3c(cnc3C(F)(F)F)C2)C2CC2)cc1. The smallest absolute Gasteiger partial charge is 0.449 e. The van der Waals surface area contributed by atoms with Gasteiger partial charge in [-0.05, 0) is 37.0 Å². The lowest BCUT2D eigenvalue weighted by Gasteiger charge is -2.30. The topological polar surface area (TPSA) is 47.4 Å². The number of halogens is 3. The maximum Gasteiger partial charge on any atom is 0.449 e. The molecule has 2 aromatic rings. The van der Waals surface area contributed by atoms with Crippen LogP contribution in [0.4, 0.5) is 13.2 Å². The summed E-state index contributed by atoms with van der Waals surface area (Å²) in [6, 6.07) is 7.83. The number of amides is 1. The second kappa shape index (κ2) is 7.14. The molecule has 0 N–H and O–H groups in total. The molecule has 1 aromatic carbocycles. The van der Waals surface area contributed by atoms with Gasteiger partial charge >= 0.3 is 6.18 Å². The van der Waals surface area contributed by atoms with E-state index in [0.717, 1.165) is 24.2 Å². The van der Waals surface area contributed by atoms with Crippen LogP contribution in [0.5, 0.6) is 5.75 Å². The van der Waals surface area contributed by atoms with Gasteiger partial charge in [-0.1, -0.05) is 12.1 Å². The number of benzene rings is 1. The molecule has 2 aliphatic rings. The van der Waals surface area contributed by atoms with Crippen LogP contribution in [0, 0.1) is 5.92 Å². The number of carbonyl (C=O) groups excluding carboxylic acids is 1. The summed E-state index contributed by atoms with van der Waals surface area (Å²) in [7, 11) is 1.60. The number of carbonyl (C=O) groups is 1. The van der Waals surface area contributed by atoms with Crippen LogP contribution < -0.4 is 4.74 Å². The van der Waals surface area contributed by atoms with E-state index in [1.807, 2.05) is 29.2 Å². The average molecular weight is 393 g/mol. The Morgan fingerprint density at radius 2 is 1.96 bits per heavy atom. The average Bonchev–Trinajstić information content (AvgIpc) is 3.42. The minimum atomic E-state index is -4.47. The maximum absolute atomic E-state index is 13.2. The van der Waals surface area contributed by atoms with E-state index in [1.54, 1.807) is 7.11 Å². The van der Waals surface area contributed by atoms with Gasteiger partial charge in [0.05, 0.1) is 7.11 Å². The van der Waals surface area contributed by atoms with Crippen molar-refractivity contribution in [3.05, 3.63) is 47.5 Å². The quantitative estimate of drug-likeness (QED) is 0.779. The minimum Gasteiger partial charge on any atom is -0.497 e. The van der Waals surface area contributed by atoms with Crippen molar-refractivity contribution in [3.8, 4) is 5.75 Å². The largest absolute Gasteiger partial charge is 0.497 e. The number of hydrogen-bond donors (Lipinski definition) is 0. The summed E-state index contributed by atoms with van der Waals surface area (Å²) in [5.74, 6) is -0.386. The standard InChI is InChI=1S/C20H22F3N3O2/c1-28-17-6-2-13(3-7-17)12-26(15-4-5-15)18(27)14-8-9-25-16(10-14)11-24-19(25)20(21,22)23/h2-3,6-7,11,14-15H,4-5,8-10,12H2,1H3/t14-/m1/s1. The van der Waals surface area contributed by atoms with Crippen molar-refractivity contribution in [1.29, 1.82) is 0 Å². The number of nitrogens with zero attached hydrogens (tertiary/aromatic N) is 3. The van der Waals surface area contributed by atoms with E-state index < -0.39 is 12.0 Å². The lowest BCUT2D eigenvalue weighted by atomic mass is 9.94. The molecule has 0 bridgehead atoms. The first-order valence-electron chi connectivity index (χ1n) is 9.42. The fourth-order valence-corrected chi connectivity index (χ4v) is 3.84. The lowest BCUT2D eigenvalue weighted by molar-refractivity contribution is -0.147. The molecular formula is C20H22F3N3O2. The van der Waals surface area contributed by atoms with Gasteiger partial charge in [0.2, 0.25) is 11.7 Å². The third kappa shape index (κ3) is 3.72. The highest BCUT2D eigenvalue weighted by atomic mass is 19.4. The molecule has 1 aliphatic heterocycles. The highest BCUT2D eigenvalue weighted by Gasteiger charge is 2.41. The number of imidazole rings is 1. The second-order valence-corrected chi connectivity index (χ2v) is 7.46. The highest BCUT2D eigenvalue weighted by Crippen LogP contribution is 2.35. The number of ether oxygens (including phenoxy) is 1. The van der Waals surface area contributed by atoms with Crippen molar-refractivity contribution in [1.82, 2.24) is 14.5 Å². The molecular weight excluding hydrogens is 371 g/mol. The van der Waals surface area contributed by atoms with Gasteiger partial charge in [0.25, 0.3) is 0 Å². The van der Waals surface area contributed by atoms with Crippen molar-refractivity contribution in [2.75, 3.05) is 7.11 Å². The summed E-state index contributed by atoms with van der Waals surface area (Å²) < 4.78 is 45.5. The van der Waals surface area contributed by atoms with Crippen molar-refractivity contribution in [3.63, 3.8) is 0 Å². The van der Waals surface area contributed by atoms with Gasteiger partial charge < -0.3 is 14.2 Å². The molecule has 5 nitrogen and oxygen atoms in total. The summed E-state index contributed by atoms with van der Waals surface area (Å²) in [5, 5.41) is 0. The molecule has 2 heterocycles. The summed E-state index contributed by atoms with van der Waals surface area (Å²) in [6.45, 7) is 0.679. The van der Waals surface area contributed by atoms with Gasteiger partial charge in [-0.3, -0.25) is 4.79 Å². The molecule has 1 aliphatic carbocycles. The van der Waals surface area contributed by atoms with Gasteiger partial charge in [-0.15, -0.1) is 0 Å². The number of rotatable bonds is 5. The molecule has 0 unspecified atom stereocenters. The number of hydrogen-bond acceptors (Lipinski definition) is 3. The second-order valence-electron chi connectivity index (χ2n) is 7.46. The van der Waals surface area contributed by atoms with E-state index in [1.165, 1.54) is 10.8 Å². The Labute approximate surface area is 161 Å². The summed E-state index contributed by atoms with van der Waals surface area (Å²) in [5.41, 5.74) is 1.50. The van der Waals surface area contributed by atoms with Gasteiger partial charge in [0.15, 0.2) is 0 Å². The van der Waals surface area contributed by atoms with Crippen LogP contribution >= 0.6 is 0 Å². The first-order chi connectivity index (χ1) is 13.4. The van der Waals surface area contributed by atoms with Crippen molar-refractivity contribution in [2.45, 2.75) is 51.0 Å². The molecule has 28 heavy (non-hydrogen) atoms. The van der Waals surface area contributed by atoms with E-state index in [-0.39, 0.29) is 24.4 Å². The number of aromatic nitrogens is 2. The summed E-state index contributed by atoms with van der Waals surface area (Å²) >= 11 is 0. The van der Waals surface area contributed by atoms with Crippen LogP contribution in [0.1, 0.15) is 36.3 Å². The third-order valence-electron chi connectivity index (χ3n) is 5.48. The molecule has 1 aromatic heterocycles. The molecule has 1 saturated carbocycles. The van der Waals surface area contributed by atoms with Crippen molar-refractivity contribution >= 4 is 5.91 Å². The van der Waals surface area contributed by atoms with Crippen LogP contribution in [0.15, 0.2) is 30.5 Å². The maximum atomic E-state index is 13.2. The molecule has 1 fully saturated rings. The zero-order valence-electron chi connectivity index (χ0n) is 15.6. The Kier molecular flexibility index (Phi) is 4.81. The zero-order chi connectivity index (χ0) is 19.9. The predicted octanol–water partition coefficient (Wildman–Crippen LogP) is 3.66. The molecule has 1 atom stereocenters. The Balaban J connectivity index is 1.48. The first kappa shape index (κ1) is 18.8. The molecule has 0 spiro atoms. The van der Waals surface area contributed by atoms with Gasteiger partial charge in [0.1, 0.15) is 5.75 Å². The van der Waals surface area contributed by atoms with Gasteiger partial charge in [-0.25, -0.2) is 4.98 Å². The van der Waals surface area contributed by atoms with E-state index in [2.05, 4.69) is 4.98 Å². The van der Waals surface area contributed by atoms with E-state index in [9.17, 15) is 18.0 Å². The molecule has 0 radical (unpaired) electrons. The predicted molar refractivity (Wildman–Crippen MR) is 95.6 cm³/mol. The monoisotopic (exact) mass is 393 g/mol. The van der Waals surface area contributed by atoms with Crippen molar-refractivity contribution < 1.29 is 22.7 Å². The van der Waals surface area contributed by atoms with Crippen LogP contribution in [-0.4, -0.2) is 33.5 Å². The highest BCUT2D eigenvalue weighted by molar-refractivity contribution is 5.80. The van der Waals surface area contributed by atoms with Crippen LogP contribution in [0.2, 0.25) is 0 Å². The molecule has 8 heteroatoms. The van der Waals surface area contributed by atoms with E-state index in [0.29, 0.717) is 25.1 Å². The number of alkyl halides is 3. The van der Waals surface area contributed by atoms with Crippen LogP contribution in [-0.2, 0) is 30.5 Å². The van der Waals surface area contributed by atoms with Gasteiger partial charge in [0, 0.05) is 43.4 Å². The van der Waals surface area contributed by atoms with Crippen molar-refractivity contribution in [2.24, 2.45) is 5.92 Å². The third-order valence-corrected chi connectivity index (χ3v) is 5.48. The Hall–Kier alpha value is -2.51. The first-order valence-corrected chi connectivity index (χ1v) is 9.42. The number of fused-ring (bicyclic) bond motifs is 1. The lowest BCUT2D eigenvalue weighted by Crippen LogP contribution is -2.40. The Bertz CT molecular complexity index is 857. The minimum absolute atomic E-state index is 0.0272. The number of methoxy groups -OCH3 is 1. The zero-order valence-corrected chi connectivity index (χ0v) is 15.6. The van der Waals surface area contributed by atoms with E-state index in [4.69, 9.17) is 4.74 Å². The normalized spacial score (nSPS) is 19.2. The fraction of sp³-hybridized carbons (Fsp3) is 0.500. The van der Waals surface area contributed by atoms with Crippen LogP contribution in [0.25, 0.3) is 0 Å². The van der Waals surface area contributed by atoms with Crippen LogP contribution in [0.3, 0.4) is 0 Å². The fourth-order valence-electron chi connectivity index (χ4n) is 3.84. The molecule has 0 saturated heterocycles. The Morgan fingerprint density at radius 1 is 1.25 bits per heavy atom. The molecule has 1 amide bonds. The molecule has 150 valence electrons. The van der Waals surface area contributed by atoms with Gasteiger partial charge in [-0.2, -0.15) is 13.2 Å². The van der Waals surface area contributed by atoms with E-state index >= 15 is 0 Å².